The lowest BCUT2D eigenvalue weighted by Crippen LogP contribution is -2.26. The molecule has 0 aliphatic heterocycles. The van der Waals surface area contributed by atoms with Crippen LogP contribution in [-0.2, 0) is 25.7 Å². The third kappa shape index (κ3) is 7.31. The SMILES string of the molecule is CC(OCCOc1ccccc1)Oc1cc2c(cc1O)C1(CC2(C)C)CC(C)(C)c2cc(OC(C)OCCOc3ccccc3)c(O)cc21. The van der Waals surface area contributed by atoms with Gasteiger partial charge in [0.1, 0.15) is 24.7 Å². The van der Waals surface area contributed by atoms with E-state index in [1.807, 2.05) is 98.8 Å². The third-order valence-electron chi connectivity index (χ3n) is 9.66. The Morgan fingerprint density at radius 1 is 0.551 bits per heavy atom. The van der Waals surface area contributed by atoms with Gasteiger partial charge in [0.25, 0.3) is 0 Å². The zero-order chi connectivity index (χ0) is 34.8. The van der Waals surface area contributed by atoms with Crippen LogP contribution >= 0.6 is 0 Å². The highest BCUT2D eigenvalue weighted by molar-refractivity contribution is 5.65. The number of fused-ring (bicyclic) bond motifs is 4. The molecule has 0 saturated carbocycles. The molecule has 6 rings (SSSR count). The van der Waals surface area contributed by atoms with Crippen molar-refractivity contribution >= 4 is 0 Å². The van der Waals surface area contributed by atoms with Crippen LogP contribution in [0.25, 0.3) is 0 Å². The van der Waals surface area contributed by atoms with Gasteiger partial charge in [0.2, 0.25) is 0 Å². The Morgan fingerprint density at radius 2 is 0.939 bits per heavy atom. The maximum Gasteiger partial charge on any atom is 0.197 e. The molecule has 8 heteroatoms. The lowest BCUT2D eigenvalue weighted by molar-refractivity contribution is -0.0750. The van der Waals surface area contributed by atoms with E-state index in [0.29, 0.717) is 37.9 Å². The van der Waals surface area contributed by atoms with E-state index >= 15 is 0 Å². The first-order valence-corrected chi connectivity index (χ1v) is 17.1. The van der Waals surface area contributed by atoms with Crippen molar-refractivity contribution in [3.05, 3.63) is 107 Å². The van der Waals surface area contributed by atoms with Gasteiger partial charge in [-0.25, -0.2) is 0 Å². The number of aromatic hydroxyl groups is 2. The molecule has 260 valence electrons. The number of para-hydroxylation sites is 2. The zero-order valence-electron chi connectivity index (χ0n) is 29.3. The van der Waals surface area contributed by atoms with E-state index in [0.717, 1.165) is 46.6 Å². The summed E-state index contributed by atoms with van der Waals surface area (Å²) in [6, 6.07) is 26.8. The van der Waals surface area contributed by atoms with Crippen LogP contribution < -0.4 is 18.9 Å². The summed E-state index contributed by atoms with van der Waals surface area (Å²) in [6.07, 6.45) is 0.452. The molecule has 0 radical (unpaired) electrons. The van der Waals surface area contributed by atoms with Gasteiger partial charge < -0.3 is 38.6 Å². The Morgan fingerprint density at radius 3 is 1.33 bits per heavy atom. The van der Waals surface area contributed by atoms with E-state index in [1.165, 1.54) is 0 Å². The smallest absolute Gasteiger partial charge is 0.197 e. The molecule has 8 nitrogen and oxygen atoms in total. The van der Waals surface area contributed by atoms with Crippen molar-refractivity contribution < 1.29 is 38.6 Å². The lowest BCUT2D eigenvalue weighted by Gasteiger charge is -2.30. The van der Waals surface area contributed by atoms with Crippen LogP contribution in [0.5, 0.6) is 34.5 Å². The fourth-order valence-electron chi connectivity index (χ4n) is 7.73. The van der Waals surface area contributed by atoms with E-state index in [4.69, 9.17) is 28.4 Å². The second-order valence-corrected chi connectivity index (χ2v) is 14.4. The number of benzene rings is 4. The first kappa shape index (κ1) is 34.5. The van der Waals surface area contributed by atoms with E-state index in [-0.39, 0.29) is 22.3 Å². The van der Waals surface area contributed by atoms with Gasteiger partial charge >= 0.3 is 0 Å². The molecular formula is C41H48O8. The molecule has 0 amide bonds. The second-order valence-electron chi connectivity index (χ2n) is 14.4. The van der Waals surface area contributed by atoms with Crippen molar-refractivity contribution in [3.8, 4) is 34.5 Å². The molecule has 1 spiro atoms. The summed E-state index contributed by atoms with van der Waals surface area (Å²) in [5.74, 6) is 2.45. The predicted molar refractivity (Wildman–Crippen MR) is 188 cm³/mol. The summed E-state index contributed by atoms with van der Waals surface area (Å²) in [5, 5.41) is 22.6. The normalized spacial score (nSPS) is 19.6. The lowest BCUT2D eigenvalue weighted by atomic mass is 9.72. The minimum Gasteiger partial charge on any atom is -0.504 e. The molecule has 0 heterocycles. The third-order valence-corrected chi connectivity index (χ3v) is 9.66. The maximum atomic E-state index is 11.3. The van der Waals surface area contributed by atoms with Gasteiger partial charge in [-0.05, 0) is 108 Å². The van der Waals surface area contributed by atoms with Gasteiger partial charge in [0.05, 0.1) is 13.2 Å². The number of hydrogen-bond acceptors (Lipinski definition) is 8. The summed E-state index contributed by atoms with van der Waals surface area (Å²) < 4.78 is 35.3. The summed E-state index contributed by atoms with van der Waals surface area (Å²) >= 11 is 0. The van der Waals surface area contributed by atoms with Crippen molar-refractivity contribution in [3.63, 3.8) is 0 Å². The highest BCUT2D eigenvalue weighted by Crippen LogP contribution is 2.64. The highest BCUT2D eigenvalue weighted by Gasteiger charge is 2.57. The molecule has 4 aromatic carbocycles. The Balaban J connectivity index is 1.16. The average Bonchev–Trinajstić information content (AvgIpc) is 3.41. The Labute approximate surface area is 289 Å². The van der Waals surface area contributed by atoms with Crippen molar-refractivity contribution in [2.75, 3.05) is 26.4 Å². The van der Waals surface area contributed by atoms with Gasteiger partial charge in [-0.3, -0.25) is 0 Å². The summed E-state index contributed by atoms with van der Waals surface area (Å²) in [5.41, 5.74) is 3.50. The molecule has 2 atom stereocenters. The molecule has 2 aliphatic rings. The van der Waals surface area contributed by atoms with Crippen molar-refractivity contribution in [1.82, 2.24) is 0 Å². The molecule has 49 heavy (non-hydrogen) atoms. The van der Waals surface area contributed by atoms with Gasteiger partial charge in [0, 0.05) is 5.41 Å². The maximum absolute atomic E-state index is 11.3. The zero-order valence-corrected chi connectivity index (χ0v) is 29.3. The van der Waals surface area contributed by atoms with Gasteiger partial charge in [0.15, 0.2) is 35.6 Å². The van der Waals surface area contributed by atoms with Crippen LogP contribution in [-0.4, -0.2) is 49.2 Å². The average molecular weight is 669 g/mol. The van der Waals surface area contributed by atoms with Gasteiger partial charge in [-0.2, -0.15) is 0 Å². The van der Waals surface area contributed by atoms with Crippen molar-refractivity contribution in [2.24, 2.45) is 0 Å². The Bertz CT molecular complexity index is 1600. The Hall–Kier alpha value is -4.40. The highest BCUT2D eigenvalue weighted by atomic mass is 16.7. The Kier molecular flexibility index (Phi) is 9.74. The molecule has 2 aliphatic carbocycles. The summed E-state index contributed by atoms with van der Waals surface area (Å²) in [7, 11) is 0. The minimum atomic E-state index is -0.592. The summed E-state index contributed by atoms with van der Waals surface area (Å²) in [4.78, 5) is 0. The van der Waals surface area contributed by atoms with Crippen LogP contribution in [0.3, 0.4) is 0 Å². The molecule has 2 unspecified atom stereocenters. The van der Waals surface area contributed by atoms with Crippen molar-refractivity contribution in [2.45, 2.75) is 83.2 Å². The molecule has 0 fully saturated rings. The fourth-order valence-corrected chi connectivity index (χ4v) is 7.73. The fraction of sp³-hybridized carbons (Fsp3) is 0.415. The summed E-state index contributed by atoms with van der Waals surface area (Å²) in [6.45, 7) is 14.0. The van der Waals surface area contributed by atoms with E-state index < -0.39 is 18.0 Å². The van der Waals surface area contributed by atoms with Crippen LogP contribution in [0.15, 0.2) is 84.9 Å². The number of phenolic OH excluding ortho intramolecular Hbond substituents is 2. The molecular weight excluding hydrogens is 620 g/mol. The first-order chi connectivity index (χ1) is 23.4. The van der Waals surface area contributed by atoms with Crippen LogP contribution in [0.4, 0.5) is 0 Å². The van der Waals surface area contributed by atoms with E-state index in [1.54, 1.807) is 0 Å². The van der Waals surface area contributed by atoms with Crippen molar-refractivity contribution in [1.29, 1.82) is 0 Å². The molecule has 0 bridgehead atoms. The number of hydrogen-bond donors (Lipinski definition) is 2. The minimum absolute atomic E-state index is 0.0597. The van der Waals surface area contributed by atoms with E-state index in [9.17, 15) is 10.2 Å². The van der Waals surface area contributed by atoms with Crippen LogP contribution in [0.2, 0.25) is 0 Å². The second kappa shape index (κ2) is 13.8. The van der Waals surface area contributed by atoms with Crippen LogP contribution in [0, 0.1) is 0 Å². The number of rotatable bonds is 14. The molecule has 2 N–H and O–H groups in total. The van der Waals surface area contributed by atoms with Gasteiger partial charge in [-0.15, -0.1) is 0 Å². The quantitative estimate of drug-likeness (QED) is 0.102. The monoisotopic (exact) mass is 668 g/mol. The topological polar surface area (TPSA) is 95.8 Å². The largest absolute Gasteiger partial charge is 0.504 e. The number of ether oxygens (including phenoxy) is 6. The van der Waals surface area contributed by atoms with Crippen LogP contribution in [0.1, 0.15) is 76.6 Å². The van der Waals surface area contributed by atoms with Gasteiger partial charge in [-0.1, -0.05) is 64.1 Å². The number of phenols is 2. The van der Waals surface area contributed by atoms with E-state index in [2.05, 4.69) is 27.7 Å². The standard InChI is InChI=1S/C41H48O8/c1-27(44-17-19-46-29-13-9-7-10-14-29)48-37-23-31-33(21-35(37)42)41(25-39(31,3)4)26-40(5,6)32-24-38(36(43)22-34(32)41)49-28(2)45-18-20-47-30-15-11-8-12-16-30/h7-16,21-24,27-28,42-43H,17-20,25-26H2,1-6H3. The molecule has 0 aromatic heterocycles. The predicted octanol–water partition coefficient (Wildman–Crippen LogP) is 8.39. The first-order valence-electron chi connectivity index (χ1n) is 17.1. The molecule has 4 aromatic rings. The molecule has 0 saturated heterocycles.